The molecule has 1 aromatic carbocycles. The number of methoxy groups -OCH3 is 1. The Morgan fingerprint density at radius 1 is 1.23 bits per heavy atom. The third-order valence-corrected chi connectivity index (χ3v) is 6.84. The number of likely N-dealkylation sites (tertiary alicyclic amines) is 1. The summed E-state index contributed by atoms with van der Waals surface area (Å²) in [6, 6.07) is 11.6. The molecular formula is C24H31N3O2S. The summed E-state index contributed by atoms with van der Waals surface area (Å²) in [5.41, 5.74) is 4.42. The zero-order valence-corrected chi connectivity index (χ0v) is 18.6. The lowest BCUT2D eigenvalue weighted by Crippen LogP contribution is -2.44. The molecular weight excluding hydrogens is 394 g/mol. The van der Waals surface area contributed by atoms with Gasteiger partial charge in [0.05, 0.1) is 12.6 Å². The van der Waals surface area contributed by atoms with Crippen molar-refractivity contribution in [3.63, 3.8) is 0 Å². The lowest BCUT2D eigenvalue weighted by Gasteiger charge is -2.38. The van der Waals surface area contributed by atoms with Crippen molar-refractivity contribution in [3.8, 4) is 0 Å². The minimum Gasteiger partial charge on any atom is -0.383 e. The van der Waals surface area contributed by atoms with Crippen LogP contribution in [0.1, 0.15) is 42.5 Å². The van der Waals surface area contributed by atoms with Crippen molar-refractivity contribution in [1.82, 2.24) is 15.2 Å². The van der Waals surface area contributed by atoms with Crippen molar-refractivity contribution in [2.24, 2.45) is 0 Å². The van der Waals surface area contributed by atoms with Crippen LogP contribution in [0.25, 0.3) is 10.9 Å². The fraction of sp³-hybridized carbons (Fsp3) is 0.458. The quantitative estimate of drug-likeness (QED) is 0.537. The summed E-state index contributed by atoms with van der Waals surface area (Å²) < 4.78 is 5.16. The van der Waals surface area contributed by atoms with Gasteiger partial charge in [0.25, 0.3) is 5.56 Å². The molecule has 2 N–H and O–H groups in total. The van der Waals surface area contributed by atoms with E-state index < -0.39 is 0 Å². The molecule has 3 aromatic rings. The molecule has 0 bridgehead atoms. The predicted octanol–water partition coefficient (Wildman–Crippen LogP) is 3.94. The van der Waals surface area contributed by atoms with Crippen LogP contribution in [0, 0.1) is 0 Å². The Kier molecular flexibility index (Phi) is 7.00. The smallest absolute Gasteiger partial charge is 0.251 e. The van der Waals surface area contributed by atoms with Gasteiger partial charge >= 0.3 is 0 Å². The van der Waals surface area contributed by atoms with Gasteiger partial charge < -0.3 is 15.0 Å². The fourth-order valence-electron chi connectivity index (χ4n) is 4.47. The van der Waals surface area contributed by atoms with Crippen LogP contribution >= 0.6 is 11.3 Å². The van der Waals surface area contributed by atoms with Gasteiger partial charge in [0, 0.05) is 43.9 Å². The molecule has 0 amide bonds. The number of aryl methyl sites for hydroxylation is 1. The molecule has 1 fully saturated rings. The number of pyridine rings is 1. The van der Waals surface area contributed by atoms with Crippen molar-refractivity contribution < 1.29 is 4.74 Å². The minimum absolute atomic E-state index is 0.0233. The molecule has 1 unspecified atom stereocenters. The number of hydrogen-bond donors (Lipinski definition) is 2. The van der Waals surface area contributed by atoms with E-state index in [4.69, 9.17) is 4.74 Å². The van der Waals surface area contributed by atoms with Crippen LogP contribution in [-0.4, -0.2) is 49.3 Å². The number of ether oxygens (including phenoxy) is 1. The van der Waals surface area contributed by atoms with Gasteiger partial charge in [-0.1, -0.05) is 13.0 Å². The lowest BCUT2D eigenvalue weighted by atomic mass is 9.94. The molecule has 1 aliphatic heterocycles. The average molecular weight is 426 g/mol. The fourth-order valence-corrected chi connectivity index (χ4v) is 5.15. The number of aromatic nitrogens is 1. The van der Waals surface area contributed by atoms with Crippen molar-refractivity contribution in [2.75, 3.05) is 33.4 Å². The van der Waals surface area contributed by atoms with E-state index in [-0.39, 0.29) is 11.6 Å². The van der Waals surface area contributed by atoms with Crippen LogP contribution in [0.5, 0.6) is 0 Å². The van der Waals surface area contributed by atoms with Gasteiger partial charge in [-0.05, 0) is 70.8 Å². The number of fused-ring (bicyclic) bond motifs is 1. The second kappa shape index (κ2) is 9.88. The molecule has 6 heteroatoms. The molecule has 1 atom stereocenters. The van der Waals surface area contributed by atoms with Crippen LogP contribution in [0.15, 0.2) is 45.9 Å². The number of nitrogens with zero attached hydrogens (tertiary/aromatic N) is 1. The molecule has 2 aromatic heterocycles. The highest BCUT2D eigenvalue weighted by molar-refractivity contribution is 7.08. The molecule has 30 heavy (non-hydrogen) atoms. The first-order valence-electron chi connectivity index (χ1n) is 10.8. The zero-order valence-electron chi connectivity index (χ0n) is 17.8. The molecule has 4 rings (SSSR count). The molecule has 0 saturated carbocycles. The first-order chi connectivity index (χ1) is 14.7. The molecule has 160 valence electrons. The number of piperidine rings is 1. The highest BCUT2D eigenvalue weighted by Gasteiger charge is 2.27. The summed E-state index contributed by atoms with van der Waals surface area (Å²) in [5, 5.41) is 9.15. The van der Waals surface area contributed by atoms with E-state index in [0.717, 1.165) is 62.0 Å². The van der Waals surface area contributed by atoms with Gasteiger partial charge in [-0.3, -0.25) is 9.69 Å². The van der Waals surface area contributed by atoms with Gasteiger partial charge in [0.2, 0.25) is 0 Å². The van der Waals surface area contributed by atoms with Crippen molar-refractivity contribution in [2.45, 2.75) is 38.3 Å². The van der Waals surface area contributed by atoms with E-state index in [9.17, 15) is 4.79 Å². The van der Waals surface area contributed by atoms with Gasteiger partial charge in [0.15, 0.2) is 0 Å². The SMILES string of the molecule is CCc1cc2cc(C(c3ccsc3)N3CCC(NCCOC)CC3)ccc2[nH]c1=O. The van der Waals surface area contributed by atoms with Crippen molar-refractivity contribution >= 4 is 22.2 Å². The van der Waals surface area contributed by atoms with Gasteiger partial charge in [-0.2, -0.15) is 11.3 Å². The molecule has 0 radical (unpaired) electrons. The Labute approximate surface area is 182 Å². The zero-order chi connectivity index (χ0) is 20.9. The molecule has 0 spiro atoms. The van der Waals surface area contributed by atoms with E-state index in [2.05, 4.69) is 50.2 Å². The highest BCUT2D eigenvalue weighted by Crippen LogP contribution is 2.33. The standard InChI is InChI=1S/C24H31N3O2S/c1-3-17-14-20-15-18(4-5-22(20)26-24(17)28)23(19-8-13-30-16-19)27-10-6-21(7-11-27)25-9-12-29-2/h4-5,8,13-16,21,23,25H,3,6-7,9-12H2,1-2H3,(H,26,28). The molecule has 5 nitrogen and oxygen atoms in total. The Morgan fingerprint density at radius 3 is 2.77 bits per heavy atom. The molecule has 3 heterocycles. The average Bonchev–Trinajstić information content (AvgIpc) is 3.29. The maximum Gasteiger partial charge on any atom is 0.251 e. The van der Waals surface area contributed by atoms with Gasteiger partial charge in [0.1, 0.15) is 0 Å². The Morgan fingerprint density at radius 2 is 2.07 bits per heavy atom. The Bertz CT molecular complexity index is 1010. The van der Waals surface area contributed by atoms with Crippen LogP contribution in [0.4, 0.5) is 0 Å². The van der Waals surface area contributed by atoms with Crippen molar-refractivity contribution in [3.05, 3.63) is 68.1 Å². The Hall–Kier alpha value is -1.99. The number of nitrogens with one attached hydrogen (secondary N) is 2. The third-order valence-electron chi connectivity index (χ3n) is 6.13. The monoisotopic (exact) mass is 425 g/mol. The summed E-state index contributed by atoms with van der Waals surface area (Å²) in [6.45, 7) is 5.83. The number of H-pyrrole nitrogens is 1. The number of rotatable bonds is 8. The molecule has 1 aliphatic rings. The largest absolute Gasteiger partial charge is 0.383 e. The highest BCUT2D eigenvalue weighted by atomic mass is 32.1. The van der Waals surface area contributed by atoms with Crippen molar-refractivity contribution in [1.29, 1.82) is 0 Å². The topological polar surface area (TPSA) is 57.4 Å². The second-order valence-electron chi connectivity index (χ2n) is 8.04. The molecule has 0 aliphatic carbocycles. The summed E-state index contributed by atoms with van der Waals surface area (Å²) in [6.07, 6.45) is 3.03. The lowest BCUT2D eigenvalue weighted by molar-refractivity contribution is 0.152. The number of aromatic amines is 1. The van der Waals surface area contributed by atoms with E-state index in [1.54, 1.807) is 18.4 Å². The predicted molar refractivity (Wildman–Crippen MR) is 125 cm³/mol. The maximum absolute atomic E-state index is 12.2. The van der Waals surface area contributed by atoms with E-state index in [1.807, 2.05) is 13.0 Å². The first kappa shape index (κ1) is 21.2. The normalized spacial score (nSPS) is 16.9. The van der Waals surface area contributed by atoms with Gasteiger partial charge in [-0.15, -0.1) is 0 Å². The Balaban J connectivity index is 1.59. The van der Waals surface area contributed by atoms with Crippen LogP contribution in [-0.2, 0) is 11.2 Å². The first-order valence-corrected chi connectivity index (χ1v) is 11.8. The third kappa shape index (κ3) is 4.67. The van der Waals surface area contributed by atoms with Gasteiger partial charge in [-0.25, -0.2) is 0 Å². The van der Waals surface area contributed by atoms with E-state index in [0.29, 0.717) is 6.04 Å². The summed E-state index contributed by atoms with van der Waals surface area (Å²) in [4.78, 5) is 17.8. The number of benzene rings is 1. The summed E-state index contributed by atoms with van der Waals surface area (Å²) >= 11 is 1.75. The number of hydrogen-bond acceptors (Lipinski definition) is 5. The summed E-state index contributed by atoms with van der Waals surface area (Å²) in [7, 11) is 1.75. The van der Waals surface area contributed by atoms with E-state index >= 15 is 0 Å². The second-order valence-corrected chi connectivity index (χ2v) is 8.82. The molecule has 1 saturated heterocycles. The number of thiophene rings is 1. The van der Waals surface area contributed by atoms with Crippen LogP contribution in [0.2, 0.25) is 0 Å². The minimum atomic E-state index is 0.0233. The summed E-state index contributed by atoms with van der Waals surface area (Å²) in [5.74, 6) is 0. The maximum atomic E-state index is 12.2. The van der Waals surface area contributed by atoms with Crippen LogP contribution < -0.4 is 10.9 Å². The van der Waals surface area contributed by atoms with E-state index in [1.165, 1.54) is 11.1 Å². The van der Waals surface area contributed by atoms with Crippen LogP contribution in [0.3, 0.4) is 0 Å².